The first-order valence-corrected chi connectivity index (χ1v) is 10.5. The van der Waals surface area contributed by atoms with Gasteiger partial charge < -0.3 is 9.63 Å². The zero-order valence-electron chi connectivity index (χ0n) is 16.6. The maximum atomic E-state index is 11.7. The summed E-state index contributed by atoms with van der Waals surface area (Å²) in [5.74, 6) is 3.04. The van der Waals surface area contributed by atoms with Crippen LogP contribution in [0.3, 0.4) is 0 Å². The number of carboxylic acid groups (broad SMARTS) is 1. The zero-order valence-corrected chi connectivity index (χ0v) is 17.3. The molecule has 2 aliphatic rings. The topological polar surface area (TPSA) is 97.3 Å². The van der Waals surface area contributed by atoms with Crippen molar-refractivity contribution in [2.24, 2.45) is 0 Å². The summed E-state index contributed by atoms with van der Waals surface area (Å²) in [6, 6.07) is 7.61. The van der Waals surface area contributed by atoms with E-state index >= 15 is 0 Å². The highest BCUT2D eigenvalue weighted by Crippen LogP contribution is 2.41. The third kappa shape index (κ3) is 3.35. The summed E-state index contributed by atoms with van der Waals surface area (Å²) in [6.45, 7) is 2.38. The quantitative estimate of drug-likeness (QED) is 0.639. The lowest BCUT2D eigenvalue weighted by Gasteiger charge is -2.27. The maximum absolute atomic E-state index is 11.7. The summed E-state index contributed by atoms with van der Waals surface area (Å²) in [5.41, 5.74) is 2.80. The average Bonchev–Trinajstić information content (AvgIpc) is 3.30. The van der Waals surface area contributed by atoms with Gasteiger partial charge in [0.15, 0.2) is 5.82 Å². The minimum atomic E-state index is -0.984. The first-order chi connectivity index (χ1) is 14.5. The van der Waals surface area contributed by atoms with E-state index in [4.69, 9.17) is 16.1 Å². The molecule has 156 valence electrons. The SMILES string of the molecule is Cc1cc(C2CCC(c3nnc4n3-c3ccc(Cl)cc3CN(C(=O)O)C4)CC2)no1. The molecule has 1 aliphatic heterocycles. The highest BCUT2D eigenvalue weighted by Gasteiger charge is 2.32. The van der Waals surface area contributed by atoms with Crippen molar-refractivity contribution in [1.29, 1.82) is 0 Å². The summed E-state index contributed by atoms with van der Waals surface area (Å²) >= 11 is 6.20. The summed E-state index contributed by atoms with van der Waals surface area (Å²) in [5, 5.41) is 23.3. The molecule has 30 heavy (non-hydrogen) atoms. The summed E-state index contributed by atoms with van der Waals surface area (Å²) in [6.07, 6.45) is 2.98. The van der Waals surface area contributed by atoms with E-state index in [1.165, 1.54) is 4.90 Å². The standard InChI is InChI=1S/C21H22ClN5O3/c1-12-8-17(25-30-12)13-2-4-14(5-3-13)20-24-23-19-11-26(21(28)29)10-15-9-16(22)6-7-18(15)27(19)20/h6-9,13-14H,2-5,10-11H2,1H3,(H,28,29). The van der Waals surface area contributed by atoms with Crippen LogP contribution < -0.4 is 0 Å². The second-order valence-corrected chi connectivity index (χ2v) is 8.57. The molecule has 1 amide bonds. The Kier molecular flexibility index (Phi) is 4.73. The van der Waals surface area contributed by atoms with E-state index in [2.05, 4.69) is 15.4 Å². The lowest BCUT2D eigenvalue weighted by molar-refractivity contribution is 0.139. The number of rotatable bonds is 2. The molecule has 3 heterocycles. The van der Waals surface area contributed by atoms with E-state index in [1.807, 2.05) is 35.8 Å². The van der Waals surface area contributed by atoms with Gasteiger partial charge in [0.1, 0.15) is 11.6 Å². The van der Waals surface area contributed by atoms with E-state index in [1.54, 1.807) is 0 Å². The number of aryl methyl sites for hydroxylation is 1. The molecule has 0 atom stereocenters. The van der Waals surface area contributed by atoms with Gasteiger partial charge in [-0.1, -0.05) is 16.8 Å². The van der Waals surface area contributed by atoms with Gasteiger partial charge >= 0.3 is 6.09 Å². The first kappa shape index (κ1) is 19.1. The Balaban J connectivity index is 1.47. The molecule has 1 saturated carbocycles. The van der Waals surface area contributed by atoms with Gasteiger partial charge in [-0.25, -0.2) is 4.79 Å². The fraction of sp³-hybridized carbons (Fsp3) is 0.429. The van der Waals surface area contributed by atoms with E-state index < -0.39 is 6.09 Å². The number of nitrogens with zero attached hydrogens (tertiary/aromatic N) is 5. The Morgan fingerprint density at radius 3 is 2.60 bits per heavy atom. The lowest BCUT2D eigenvalue weighted by Crippen LogP contribution is -2.27. The predicted octanol–water partition coefficient (Wildman–Crippen LogP) is 4.65. The van der Waals surface area contributed by atoms with Gasteiger partial charge in [-0.3, -0.25) is 9.47 Å². The van der Waals surface area contributed by atoms with Crippen LogP contribution in [0.4, 0.5) is 4.79 Å². The van der Waals surface area contributed by atoms with Crippen molar-refractivity contribution in [3.63, 3.8) is 0 Å². The first-order valence-electron chi connectivity index (χ1n) is 10.1. The number of benzene rings is 1. The Morgan fingerprint density at radius 2 is 1.90 bits per heavy atom. The van der Waals surface area contributed by atoms with Crippen LogP contribution in [0.5, 0.6) is 0 Å². The molecule has 0 radical (unpaired) electrons. The average molecular weight is 428 g/mol. The van der Waals surface area contributed by atoms with Crippen LogP contribution in [0.2, 0.25) is 5.02 Å². The van der Waals surface area contributed by atoms with Gasteiger partial charge in [-0.05, 0) is 56.4 Å². The van der Waals surface area contributed by atoms with Gasteiger partial charge in [0, 0.05) is 22.9 Å². The minimum Gasteiger partial charge on any atom is -0.465 e. The molecule has 3 aromatic rings. The second-order valence-electron chi connectivity index (χ2n) is 8.13. The van der Waals surface area contributed by atoms with E-state index in [0.717, 1.165) is 54.2 Å². The molecule has 0 saturated heterocycles. The summed E-state index contributed by atoms with van der Waals surface area (Å²) in [7, 11) is 0. The number of carbonyl (C=O) groups is 1. The third-order valence-corrected chi connectivity index (χ3v) is 6.39. The van der Waals surface area contributed by atoms with Gasteiger partial charge in [-0.2, -0.15) is 0 Å². The Hall–Kier alpha value is -2.87. The Bertz CT molecular complexity index is 1100. The van der Waals surface area contributed by atoms with Crippen molar-refractivity contribution < 1.29 is 14.4 Å². The van der Waals surface area contributed by atoms with Crippen molar-refractivity contribution in [3.05, 3.63) is 58.0 Å². The van der Waals surface area contributed by atoms with Crippen LogP contribution in [-0.2, 0) is 13.1 Å². The molecule has 8 nitrogen and oxygen atoms in total. The molecular weight excluding hydrogens is 406 g/mol. The van der Waals surface area contributed by atoms with Gasteiger partial charge in [0.05, 0.1) is 24.5 Å². The monoisotopic (exact) mass is 427 g/mol. The van der Waals surface area contributed by atoms with Crippen LogP contribution in [0.25, 0.3) is 5.69 Å². The molecule has 0 bridgehead atoms. The normalized spacial score (nSPS) is 21.1. The lowest BCUT2D eigenvalue weighted by atomic mass is 9.80. The van der Waals surface area contributed by atoms with Crippen molar-refractivity contribution >= 4 is 17.7 Å². The highest BCUT2D eigenvalue weighted by atomic mass is 35.5. The van der Waals surface area contributed by atoms with Crippen molar-refractivity contribution in [2.45, 2.75) is 57.5 Å². The number of hydrogen-bond acceptors (Lipinski definition) is 5. The minimum absolute atomic E-state index is 0.197. The summed E-state index contributed by atoms with van der Waals surface area (Å²) < 4.78 is 7.28. The maximum Gasteiger partial charge on any atom is 0.408 e. The molecule has 0 unspecified atom stereocenters. The second kappa shape index (κ2) is 7.43. The number of amides is 1. The number of aromatic nitrogens is 4. The zero-order chi connectivity index (χ0) is 20.8. The largest absolute Gasteiger partial charge is 0.465 e. The van der Waals surface area contributed by atoms with Gasteiger partial charge in [-0.15, -0.1) is 10.2 Å². The van der Waals surface area contributed by atoms with Crippen molar-refractivity contribution in [3.8, 4) is 5.69 Å². The van der Waals surface area contributed by atoms with E-state index in [9.17, 15) is 9.90 Å². The Labute approximate surface area is 178 Å². The van der Waals surface area contributed by atoms with Crippen LogP contribution in [0.1, 0.15) is 66.2 Å². The van der Waals surface area contributed by atoms with Crippen molar-refractivity contribution in [2.75, 3.05) is 0 Å². The van der Waals surface area contributed by atoms with Gasteiger partial charge in [0.25, 0.3) is 0 Å². The van der Waals surface area contributed by atoms with Crippen LogP contribution in [0, 0.1) is 6.92 Å². The molecule has 1 N–H and O–H groups in total. The molecule has 1 aliphatic carbocycles. The van der Waals surface area contributed by atoms with E-state index in [0.29, 0.717) is 16.8 Å². The fourth-order valence-electron chi connectivity index (χ4n) is 4.65. The van der Waals surface area contributed by atoms with Crippen LogP contribution >= 0.6 is 11.6 Å². The van der Waals surface area contributed by atoms with Crippen LogP contribution in [0.15, 0.2) is 28.8 Å². The highest BCUT2D eigenvalue weighted by molar-refractivity contribution is 6.30. The fourth-order valence-corrected chi connectivity index (χ4v) is 4.85. The van der Waals surface area contributed by atoms with Gasteiger partial charge in [0.2, 0.25) is 0 Å². The molecule has 1 aromatic carbocycles. The number of halogens is 1. The molecular formula is C21H22ClN5O3. The molecule has 0 spiro atoms. The van der Waals surface area contributed by atoms with E-state index in [-0.39, 0.29) is 19.0 Å². The molecule has 2 aromatic heterocycles. The Morgan fingerprint density at radius 1 is 1.13 bits per heavy atom. The molecule has 1 fully saturated rings. The summed E-state index contributed by atoms with van der Waals surface area (Å²) in [4.78, 5) is 13.1. The van der Waals surface area contributed by atoms with Crippen LogP contribution in [-0.4, -0.2) is 36.0 Å². The third-order valence-electron chi connectivity index (χ3n) is 6.16. The van der Waals surface area contributed by atoms with Crippen molar-refractivity contribution in [1.82, 2.24) is 24.8 Å². The predicted molar refractivity (Wildman–Crippen MR) is 109 cm³/mol. The number of hydrogen-bond donors (Lipinski definition) is 1. The number of fused-ring (bicyclic) bond motifs is 3. The molecule has 5 rings (SSSR count). The molecule has 9 heteroatoms. The smallest absolute Gasteiger partial charge is 0.408 e.